The highest BCUT2D eigenvalue weighted by Crippen LogP contribution is 2.65. The van der Waals surface area contributed by atoms with Crippen LogP contribution in [0.15, 0.2) is 281 Å². The lowest BCUT2D eigenvalue weighted by Crippen LogP contribution is -2.60. The summed E-state index contributed by atoms with van der Waals surface area (Å²) in [5, 5.41) is 0. The molecule has 149 heavy (non-hydrogen) atoms. The van der Waals surface area contributed by atoms with Gasteiger partial charge in [0, 0.05) is 20.8 Å². The van der Waals surface area contributed by atoms with Crippen molar-refractivity contribution in [2.24, 2.45) is 52.8 Å². The fourth-order valence-corrected chi connectivity index (χ4v) is 34.0. The lowest BCUT2D eigenvalue weighted by molar-refractivity contribution is -0.227. The van der Waals surface area contributed by atoms with E-state index < -0.39 is 82.3 Å². The van der Waals surface area contributed by atoms with Crippen molar-refractivity contribution in [1.29, 1.82) is 0 Å². The third-order valence-corrected chi connectivity index (χ3v) is 40.0. The van der Waals surface area contributed by atoms with E-state index in [9.17, 15) is 55.1 Å². The van der Waals surface area contributed by atoms with Gasteiger partial charge in [0.2, 0.25) is 29.4 Å². The SMILES string of the molecule is CC(F)(F)COC(=O)C12CC3CC(CC(OCC(=O)OC4(C)CCCCC4)(C3)C1)C2.CC1(OC(=O)COC23CC4CC(C2)C(OC(=O)C(C)(F)F)C(C4)C3)CCCCC1.CCC1(OC(=O)COC23CC4CC(C2)C(OC(=O)C(C)(F)F)C(C4)C3)CCCCC1.c1ccc([S+]2c3ccccc3Oc3ccccc32)cc1.c1ccc([S+]2c3ccccc3Oc3ccccc32)cc1.c1ccc([S+]2c3ccccc3Oc3ccccc32)cc1. The van der Waals surface area contributed by atoms with E-state index in [1.807, 2.05) is 86.6 Å². The summed E-state index contributed by atoms with van der Waals surface area (Å²) >= 11 is 0. The first-order valence-electron chi connectivity index (χ1n) is 53.8. The van der Waals surface area contributed by atoms with Crippen LogP contribution >= 0.6 is 0 Å². The summed E-state index contributed by atoms with van der Waals surface area (Å²) in [5.41, 5.74) is -3.27. The monoisotopic (exact) mass is 2100 g/mol. The number of hydrogen-bond donors (Lipinski definition) is 0. The van der Waals surface area contributed by atoms with Crippen molar-refractivity contribution in [3.8, 4) is 34.5 Å². The van der Waals surface area contributed by atoms with Gasteiger partial charge in [-0.25, -0.2) is 32.8 Å². The predicted molar refractivity (Wildman–Crippen MR) is 555 cm³/mol. The molecule has 3 heterocycles. The van der Waals surface area contributed by atoms with Crippen LogP contribution in [-0.2, 0) is 104 Å². The van der Waals surface area contributed by atoms with Crippen molar-refractivity contribution in [3.63, 3.8) is 0 Å². The fourth-order valence-electron chi connectivity index (χ4n) is 27.3. The zero-order valence-electron chi connectivity index (χ0n) is 86.1. The first-order chi connectivity index (χ1) is 71.5. The molecule has 6 atom stereocenters. The van der Waals surface area contributed by atoms with E-state index in [2.05, 4.69) is 171 Å². The lowest BCUT2D eigenvalue weighted by atomic mass is 9.48. The summed E-state index contributed by atoms with van der Waals surface area (Å²) in [6, 6.07) is 81.9. The topological polar surface area (TPSA) is 213 Å². The highest BCUT2D eigenvalue weighted by atomic mass is 32.2. The molecule has 792 valence electrons. The molecule has 6 unspecified atom stereocenters. The Balaban J connectivity index is 0.000000113. The molecule has 15 aliphatic carbocycles. The first kappa shape index (κ1) is 107. The molecule has 0 radical (unpaired) electrons. The highest BCUT2D eigenvalue weighted by Gasteiger charge is 2.64. The Bertz CT molecular complexity index is 5680. The number of carbonyl (C=O) groups is 6. The van der Waals surface area contributed by atoms with Gasteiger partial charge in [-0.2, -0.15) is 17.6 Å². The second-order valence-electron chi connectivity index (χ2n) is 45.1. The Morgan fingerprint density at radius 1 is 0.336 bits per heavy atom. The molecule has 18 aliphatic rings. The minimum absolute atomic E-state index is 0.0268. The number of hydrogen-bond acceptors (Lipinski definition) is 18. The van der Waals surface area contributed by atoms with Gasteiger partial charge in [0.05, 0.1) is 22.2 Å². The Morgan fingerprint density at radius 2 is 0.617 bits per heavy atom. The molecule has 15 saturated carbocycles. The quantitative estimate of drug-likeness (QED) is 0.0252. The van der Waals surface area contributed by atoms with Gasteiger partial charge in [0.1, 0.15) is 81.5 Å². The molecule has 9 aromatic rings. The fraction of sp³-hybridized carbons (Fsp3) is 0.508. The molecule has 3 aliphatic heterocycles. The molecule has 12 bridgehead atoms. The average Bonchev–Trinajstić information content (AvgIpc) is 0.714. The second kappa shape index (κ2) is 45.2. The van der Waals surface area contributed by atoms with E-state index in [0.29, 0.717) is 82.5 Å². The summed E-state index contributed by atoms with van der Waals surface area (Å²) in [6.45, 7) is 6.83. The van der Waals surface area contributed by atoms with Gasteiger partial charge in [0.25, 0.3) is 5.92 Å². The molecular weight excluding hydrogens is 1960 g/mol. The van der Waals surface area contributed by atoms with Crippen LogP contribution < -0.4 is 14.2 Å². The van der Waals surface area contributed by atoms with E-state index in [4.69, 9.17) is 56.8 Å². The van der Waals surface area contributed by atoms with Crippen LogP contribution in [0.5, 0.6) is 34.5 Å². The molecule has 0 saturated heterocycles. The number of esters is 6. The number of benzene rings is 9. The number of para-hydroxylation sites is 6. The normalized spacial score (nSPS) is 27.6. The van der Waals surface area contributed by atoms with Crippen LogP contribution in [0.1, 0.15) is 247 Å². The number of carbonyl (C=O) groups excluding carboxylic acids is 6. The minimum Gasteiger partial charge on any atom is -0.459 e. The van der Waals surface area contributed by atoms with E-state index >= 15 is 0 Å². The highest BCUT2D eigenvalue weighted by molar-refractivity contribution is 7.98. The van der Waals surface area contributed by atoms with Crippen molar-refractivity contribution >= 4 is 68.5 Å². The van der Waals surface area contributed by atoms with E-state index in [1.165, 1.54) is 63.3 Å². The Morgan fingerprint density at radius 3 is 0.919 bits per heavy atom. The van der Waals surface area contributed by atoms with E-state index in [1.54, 1.807) is 0 Å². The molecule has 0 spiro atoms. The van der Waals surface area contributed by atoms with Gasteiger partial charge in [-0.05, 0) is 357 Å². The van der Waals surface area contributed by atoms with E-state index in [-0.39, 0.29) is 105 Å². The number of rotatable bonds is 23. The summed E-state index contributed by atoms with van der Waals surface area (Å²) in [7, 11) is -0.249. The lowest BCUT2D eigenvalue weighted by Gasteiger charge is -2.60. The van der Waals surface area contributed by atoms with Gasteiger partial charge in [0.15, 0.2) is 55.8 Å². The zero-order chi connectivity index (χ0) is 104. The Hall–Kier alpha value is -10.3. The van der Waals surface area contributed by atoms with Gasteiger partial charge >= 0.3 is 47.7 Å². The van der Waals surface area contributed by atoms with E-state index in [0.717, 1.165) is 183 Å². The molecule has 27 heteroatoms. The maximum Gasteiger partial charge on any atom is 0.376 e. The van der Waals surface area contributed by atoms with Crippen LogP contribution in [0, 0.1) is 52.8 Å². The molecule has 18 nitrogen and oxygen atoms in total. The average molecular weight is 2100 g/mol. The van der Waals surface area contributed by atoms with Gasteiger partial charge in [-0.3, -0.25) is 4.79 Å². The van der Waals surface area contributed by atoms with Crippen LogP contribution in [0.3, 0.4) is 0 Å². The zero-order valence-corrected chi connectivity index (χ0v) is 88.5. The minimum atomic E-state index is -3.47. The maximum absolute atomic E-state index is 13.3. The van der Waals surface area contributed by atoms with Crippen molar-refractivity contribution < 1.29 is 112 Å². The molecule has 0 N–H and O–H groups in total. The third kappa shape index (κ3) is 25.1. The Kier molecular flexibility index (Phi) is 32.5. The van der Waals surface area contributed by atoms with Crippen molar-refractivity contribution in [1.82, 2.24) is 0 Å². The molecule has 0 aromatic heterocycles. The molecule has 0 amide bonds. The molecule has 9 aromatic carbocycles. The Labute approximate surface area is 879 Å². The van der Waals surface area contributed by atoms with Crippen molar-refractivity contribution in [2.45, 2.75) is 355 Å². The molecular formula is C122H139F6O18S3+3. The summed E-state index contributed by atoms with van der Waals surface area (Å²) in [6.07, 6.45) is 27.6. The number of fused-ring (bicyclic) bond motifs is 6. The number of ether oxygens (including phenoxy) is 12. The largest absolute Gasteiger partial charge is 0.459 e. The van der Waals surface area contributed by atoms with Gasteiger partial charge < -0.3 is 56.8 Å². The number of alkyl halides is 6. The number of halogens is 6. The van der Waals surface area contributed by atoms with Gasteiger partial charge in [-0.1, -0.05) is 154 Å². The maximum atomic E-state index is 13.3. The van der Waals surface area contributed by atoms with Crippen LogP contribution in [-0.4, -0.2) is 126 Å². The molecule has 15 fully saturated rings. The first-order valence-corrected chi connectivity index (χ1v) is 57.5. The standard InChI is InChI=1S/2C23H34F2O5.C22H32F2O5.3C18H13OS/c1-20(6-4-3-5-7-20)30-18(26)13-29-23-11-16-8-17(12-23)10-22(9-16,14-23)19(27)28-15-21(2,24)25;1-3-22(7-5-4-6-8-22)30-18(26)14-28-23-11-15-9-16(12-23)19(17(10-15)13-23)29-20(27)21(2,24)25;1-20(6-4-3-5-7-20)29-17(25)13-27-22-10-14-8-15(11-22)18(16(9-14)12-22)28-19(26)21(2,23)24;3*1-2-8-14(9-3-1)20-17-12-6-4-10-15(17)19-16-11-5-7-13-18(16)20/h16-17H,3-15H2,1-2H3;15-17,19H,3-14H2,1-2H3;14-16,18H,3-13H2,1-2H3;3*1-13H/q;;;3*+1. The smallest absolute Gasteiger partial charge is 0.376 e. The summed E-state index contributed by atoms with van der Waals surface area (Å²) < 4.78 is 149. The summed E-state index contributed by atoms with van der Waals surface area (Å²) in [4.78, 5) is 85.4. The second-order valence-corrected chi connectivity index (χ2v) is 51.0. The molecule has 27 rings (SSSR count). The van der Waals surface area contributed by atoms with Crippen molar-refractivity contribution in [3.05, 3.63) is 237 Å². The van der Waals surface area contributed by atoms with Gasteiger partial charge in [-0.15, -0.1) is 0 Å². The summed E-state index contributed by atoms with van der Waals surface area (Å²) in [5.74, 6) is -6.91. The van der Waals surface area contributed by atoms with Crippen molar-refractivity contribution in [2.75, 3.05) is 26.4 Å². The third-order valence-electron chi connectivity index (χ3n) is 33.1. The predicted octanol–water partition coefficient (Wildman–Crippen LogP) is 28.7. The van der Waals surface area contributed by atoms with Crippen LogP contribution in [0.25, 0.3) is 0 Å². The van der Waals surface area contributed by atoms with Crippen LogP contribution in [0.4, 0.5) is 26.3 Å². The van der Waals surface area contributed by atoms with Crippen LogP contribution in [0.2, 0.25) is 0 Å².